The first-order valence-electron chi connectivity index (χ1n) is 13.5. The smallest absolute Gasteiger partial charge is 0.224 e. The highest BCUT2D eigenvalue weighted by Crippen LogP contribution is 2.35. The fourth-order valence-electron chi connectivity index (χ4n) is 4.44. The molecule has 42 heavy (non-hydrogen) atoms. The number of nitrogens with one attached hydrogen (secondary N) is 3. The van der Waals surface area contributed by atoms with E-state index in [1.54, 1.807) is 24.4 Å². The van der Waals surface area contributed by atoms with E-state index in [2.05, 4.69) is 25.6 Å². The molecule has 0 saturated carbocycles. The van der Waals surface area contributed by atoms with Crippen LogP contribution in [0.15, 0.2) is 66.9 Å². The zero-order valence-electron chi connectivity index (χ0n) is 23.1. The van der Waals surface area contributed by atoms with Crippen LogP contribution in [0.3, 0.4) is 0 Å². The van der Waals surface area contributed by atoms with E-state index in [4.69, 9.17) is 20.2 Å². The van der Waals surface area contributed by atoms with E-state index in [0.29, 0.717) is 60.6 Å². The molecule has 1 saturated heterocycles. The monoisotopic (exact) mass is 573 g/mol. The Balaban J connectivity index is 1.30. The van der Waals surface area contributed by atoms with E-state index >= 15 is 0 Å². The number of amides is 2. The van der Waals surface area contributed by atoms with Gasteiger partial charge in [0.25, 0.3) is 0 Å². The molecule has 12 heteroatoms. The first-order valence-corrected chi connectivity index (χ1v) is 13.5. The lowest BCUT2D eigenvalue weighted by atomic mass is 9.92. The number of hydrogen-bond donors (Lipinski definition) is 4. The number of primary amides is 1. The van der Waals surface area contributed by atoms with Gasteiger partial charge >= 0.3 is 0 Å². The van der Waals surface area contributed by atoms with Gasteiger partial charge in [0.2, 0.25) is 24.1 Å². The van der Waals surface area contributed by atoms with Crippen LogP contribution in [0.1, 0.15) is 31.0 Å². The quantitative estimate of drug-likeness (QED) is 0.213. The number of halogens is 1. The van der Waals surface area contributed by atoms with E-state index in [9.17, 15) is 14.0 Å². The largest absolute Gasteiger partial charge is 0.370 e. The van der Waals surface area contributed by atoms with Crippen LogP contribution >= 0.6 is 0 Å². The molecule has 5 N–H and O–H groups in total. The third-order valence-electron chi connectivity index (χ3n) is 6.72. The molecule has 2 aromatic heterocycles. The predicted octanol–water partition coefficient (Wildman–Crippen LogP) is 3.37. The maximum Gasteiger partial charge on any atom is 0.224 e. The van der Waals surface area contributed by atoms with Crippen molar-refractivity contribution in [3.8, 4) is 22.6 Å². The second-order valence-electron chi connectivity index (χ2n) is 10.5. The Morgan fingerprint density at radius 2 is 1.81 bits per heavy atom. The molecular formula is C30H32FN7O4. The molecule has 2 aromatic carbocycles. The molecule has 218 valence electrons. The van der Waals surface area contributed by atoms with Crippen molar-refractivity contribution in [1.29, 1.82) is 0 Å². The number of ether oxygens (including phenoxy) is 2. The summed E-state index contributed by atoms with van der Waals surface area (Å²) in [7, 11) is 0. The molecule has 4 aromatic rings. The Kier molecular flexibility index (Phi) is 8.84. The van der Waals surface area contributed by atoms with Gasteiger partial charge in [0.1, 0.15) is 5.82 Å². The van der Waals surface area contributed by atoms with Gasteiger partial charge in [0, 0.05) is 36.7 Å². The van der Waals surface area contributed by atoms with Crippen molar-refractivity contribution in [1.82, 2.24) is 25.3 Å². The summed E-state index contributed by atoms with van der Waals surface area (Å²) in [6, 6.07) is 17.2. The van der Waals surface area contributed by atoms with Crippen molar-refractivity contribution in [2.24, 2.45) is 11.1 Å². The van der Waals surface area contributed by atoms with Crippen molar-refractivity contribution in [2.45, 2.75) is 26.1 Å². The van der Waals surface area contributed by atoms with Crippen LogP contribution in [0, 0.1) is 11.2 Å². The molecule has 0 bridgehead atoms. The number of H-pyrrole nitrogens is 1. The molecule has 0 unspecified atom stereocenters. The Labute approximate surface area is 242 Å². The van der Waals surface area contributed by atoms with Gasteiger partial charge in [-0.15, -0.1) is 0 Å². The van der Waals surface area contributed by atoms with Gasteiger partial charge in [-0.25, -0.2) is 19.3 Å². The summed E-state index contributed by atoms with van der Waals surface area (Å²) >= 11 is 0. The summed E-state index contributed by atoms with van der Waals surface area (Å²) in [5.74, 6) is -0.147. The molecule has 1 fully saturated rings. The summed E-state index contributed by atoms with van der Waals surface area (Å²) in [6.45, 7) is 3.31. The summed E-state index contributed by atoms with van der Waals surface area (Å²) < 4.78 is 25.8. The number of nitrogens with two attached hydrogens (primary N) is 1. The summed E-state index contributed by atoms with van der Waals surface area (Å²) in [6.07, 6.45) is 1.22. The highest BCUT2D eigenvalue weighted by molar-refractivity contribution is 5.79. The average Bonchev–Trinajstić information content (AvgIpc) is 3.43. The van der Waals surface area contributed by atoms with Crippen molar-refractivity contribution >= 4 is 17.8 Å². The van der Waals surface area contributed by atoms with Gasteiger partial charge in [0.05, 0.1) is 36.7 Å². The van der Waals surface area contributed by atoms with Crippen LogP contribution < -0.4 is 16.4 Å². The van der Waals surface area contributed by atoms with E-state index in [1.165, 1.54) is 12.1 Å². The van der Waals surface area contributed by atoms with E-state index in [1.807, 2.05) is 37.3 Å². The van der Waals surface area contributed by atoms with Crippen molar-refractivity contribution in [3.63, 3.8) is 0 Å². The van der Waals surface area contributed by atoms with Gasteiger partial charge in [-0.05, 0) is 35.9 Å². The first kappa shape index (κ1) is 28.8. The van der Waals surface area contributed by atoms with Gasteiger partial charge in [-0.2, -0.15) is 0 Å². The second-order valence-corrected chi connectivity index (χ2v) is 10.5. The van der Waals surface area contributed by atoms with Gasteiger partial charge in [0.15, 0.2) is 5.82 Å². The lowest BCUT2D eigenvalue weighted by Crippen LogP contribution is -2.45. The van der Waals surface area contributed by atoms with E-state index in [-0.39, 0.29) is 24.7 Å². The third-order valence-corrected chi connectivity index (χ3v) is 6.72. The molecule has 0 atom stereocenters. The van der Waals surface area contributed by atoms with Gasteiger partial charge < -0.3 is 30.8 Å². The maximum absolute atomic E-state index is 13.7. The Morgan fingerprint density at radius 1 is 1.07 bits per heavy atom. The summed E-state index contributed by atoms with van der Waals surface area (Å²) in [4.78, 5) is 40.3. The number of nitrogens with zero attached hydrogens (tertiary/aromatic N) is 3. The fraction of sp³-hybridized carbons (Fsp3) is 0.300. The predicted molar refractivity (Wildman–Crippen MR) is 153 cm³/mol. The number of benzene rings is 2. The number of imidazole rings is 1. The first-order chi connectivity index (χ1) is 20.3. The minimum atomic E-state index is -0.791. The highest BCUT2D eigenvalue weighted by Gasteiger charge is 2.35. The van der Waals surface area contributed by atoms with Crippen LogP contribution in [0.5, 0.6) is 0 Å². The average molecular weight is 574 g/mol. The number of carbonyl (C=O) groups excluding carboxylic acids is 2. The number of aromatic nitrogens is 4. The lowest BCUT2D eigenvalue weighted by molar-refractivity contribution is -0.232. The SMILES string of the molecule is CC1(CNC(=O)Cc2ccccc2)COC(c2nc(-c3ccc(F)cc3)c(-c3ccnc(NCCC(N)=O)n3)[nH]2)OC1. The number of rotatable bonds is 11. The normalized spacial score (nSPS) is 18.4. The second kappa shape index (κ2) is 12.9. The topological polar surface area (TPSA) is 157 Å². The summed E-state index contributed by atoms with van der Waals surface area (Å²) in [5, 5.41) is 5.96. The van der Waals surface area contributed by atoms with Gasteiger partial charge in [-0.1, -0.05) is 37.3 Å². The Bertz CT molecular complexity index is 1520. The van der Waals surface area contributed by atoms with Crippen LogP contribution in [0.2, 0.25) is 0 Å². The number of hydrogen-bond acceptors (Lipinski definition) is 8. The molecular weight excluding hydrogens is 541 g/mol. The molecule has 0 spiro atoms. The van der Waals surface area contributed by atoms with Crippen LogP contribution in [0.25, 0.3) is 22.6 Å². The highest BCUT2D eigenvalue weighted by atomic mass is 19.1. The van der Waals surface area contributed by atoms with Crippen LogP contribution in [-0.2, 0) is 25.5 Å². The summed E-state index contributed by atoms with van der Waals surface area (Å²) in [5.41, 5.74) is 8.00. The third kappa shape index (κ3) is 7.33. The van der Waals surface area contributed by atoms with Crippen molar-refractivity contribution in [2.75, 3.05) is 31.6 Å². The number of anilines is 1. The van der Waals surface area contributed by atoms with Crippen LogP contribution in [0.4, 0.5) is 10.3 Å². The minimum Gasteiger partial charge on any atom is -0.370 e. The number of carbonyl (C=O) groups is 2. The zero-order valence-corrected chi connectivity index (χ0v) is 23.1. The minimum absolute atomic E-state index is 0.0718. The Hall–Kier alpha value is -4.68. The fourth-order valence-corrected chi connectivity index (χ4v) is 4.44. The van der Waals surface area contributed by atoms with E-state index in [0.717, 1.165) is 5.56 Å². The van der Waals surface area contributed by atoms with Crippen molar-refractivity contribution < 1.29 is 23.5 Å². The molecule has 1 aliphatic rings. The van der Waals surface area contributed by atoms with Crippen molar-refractivity contribution in [3.05, 3.63) is 84.1 Å². The van der Waals surface area contributed by atoms with Crippen LogP contribution in [-0.4, -0.2) is 58.1 Å². The standard InChI is InChI=1S/C30H32FN7O4/c1-30(16-35-24(40)15-19-5-3-2-4-6-19)17-41-28(42-18-30)27-37-25(20-7-9-21(31)10-8-20)26(38-27)22-11-13-33-29(36-22)34-14-12-23(32)39/h2-11,13,28H,12,14-18H2,1H3,(H2,32,39)(H,35,40)(H,37,38)(H,33,34,36). The Morgan fingerprint density at radius 3 is 2.52 bits per heavy atom. The molecule has 2 amide bonds. The number of aromatic amines is 1. The maximum atomic E-state index is 13.7. The molecule has 11 nitrogen and oxygen atoms in total. The van der Waals surface area contributed by atoms with E-state index < -0.39 is 17.6 Å². The van der Waals surface area contributed by atoms with Gasteiger partial charge in [-0.3, -0.25) is 9.59 Å². The zero-order chi connectivity index (χ0) is 29.5. The molecule has 5 rings (SSSR count). The lowest BCUT2D eigenvalue weighted by Gasteiger charge is -2.36. The molecule has 0 radical (unpaired) electrons. The molecule has 3 heterocycles. The molecule has 0 aliphatic carbocycles. The molecule has 1 aliphatic heterocycles.